The van der Waals surface area contributed by atoms with Crippen LogP contribution in [0.15, 0.2) is 24.3 Å². The van der Waals surface area contributed by atoms with Gasteiger partial charge in [0.25, 0.3) is 0 Å². The highest BCUT2D eigenvalue weighted by atomic mass is 15.2. The zero-order chi connectivity index (χ0) is 13.4. The van der Waals surface area contributed by atoms with Crippen molar-refractivity contribution in [2.75, 3.05) is 13.1 Å². The molecule has 2 aliphatic rings. The first-order chi connectivity index (χ1) is 9.19. The topological polar surface area (TPSA) is 29.3 Å². The smallest absolute Gasteiger partial charge is 0.0473 e. The molecule has 1 saturated carbocycles. The van der Waals surface area contributed by atoms with Crippen molar-refractivity contribution in [3.05, 3.63) is 35.4 Å². The Morgan fingerprint density at radius 1 is 1.21 bits per heavy atom. The molecule has 2 nitrogen and oxygen atoms in total. The largest absolute Gasteiger partial charge is 0.329 e. The van der Waals surface area contributed by atoms with Gasteiger partial charge in [-0.25, -0.2) is 0 Å². The summed E-state index contributed by atoms with van der Waals surface area (Å²) in [5, 5.41) is 0. The third kappa shape index (κ3) is 2.70. The van der Waals surface area contributed by atoms with E-state index in [1.54, 1.807) is 0 Å². The summed E-state index contributed by atoms with van der Waals surface area (Å²) in [7, 11) is 0. The zero-order valence-electron chi connectivity index (χ0n) is 12.2. The van der Waals surface area contributed by atoms with Crippen LogP contribution in [0.5, 0.6) is 0 Å². The maximum atomic E-state index is 6.06. The molecule has 0 bridgehead atoms. The van der Waals surface area contributed by atoms with Gasteiger partial charge in [0, 0.05) is 25.2 Å². The van der Waals surface area contributed by atoms with E-state index in [0.29, 0.717) is 12.1 Å². The Morgan fingerprint density at radius 3 is 2.37 bits per heavy atom. The lowest BCUT2D eigenvalue weighted by molar-refractivity contribution is 0.192. The van der Waals surface area contributed by atoms with Gasteiger partial charge in [-0.2, -0.15) is 0 Å². The quantitative estimate of drug-likeness (QED) is 0.898. The highest BCUT2D eigenvalue weighted by Crippen LogP contribution is 2.40. The molecule has 1 aromatic rings. The summed E-state index contributed by atoms with van der Waals surface area (Å²) in [5.41, 5.74) is 8.97. The average molecular weight is 258 g/mol. The Hall–Kier alpha value is -0.860. The van der Waals surface area contributed by atoms with Gasteiger partial charge in [0.05, 0.1) is 0 Å². The molecule has 2 fully saturated rings. The molecule has 2 heteroatoms. The first kappa shape index (κ1) is 13.1. The molecule has 0 spiro atoms. The zero-order valence-corrected chi connectivity index (χ0v) is 12.2. The van der Waals surface area contributed by atoms with Gasteiger partial charge in [-0.15, -0.1) is 0 Å². The van der Waals surface area contributed by atoms with E-state index in [1.165, 1.54) is 36.9 Å². The monoisotopic (exact) mass is 258 g/mol. The van der Waals surface area contributed by atoms with E-state index in [0.717, 1.165) is 18.4 Å². The summed E-state index contributed by atoms with van der Waals surface area (Å²) >= 11 is 0. The molecule has 0 radical (unpaired) electrons. The molecule has 1 aliphatic heterocycles. The summed E-state index contributed by atoms with van der Waals surface area (Å²) in [4.78, 5) is 2.59. The van der Waals surface area contributed by atoms with Crippen LogP contribution >= 0.6 is 0 Å². The van der Waals surface area contributed by atoms with Gasteiger partial charge < -0.3 is 5.73 Å². The Bertz CT molecular complexity index is 421. The third-order valence-corrected chi connectivity index (χ3v) is 4.83. The van der Waals surface area contributed by atoms with E-state index in [-0.39, 0.29) is 0 Å². The van der Waals surface area contributed by atoms with Crippen molar-refractivity contribution in [1.29, 1.82) is 0 Å². The molecule has 19 heavy (non-hydrogen) atoms. The predicted octanol–water partition coefficient (Wildman–Crippen LogP) is 3.29. The second-order valence-corrected chi connectivity index (χ2v) is 6.58. The highest BCUT2D eigenvalue weighted by Gasteiger charge is 2.32. The first-order valence-electron chi connectivity index (χ1n) is 7.74. The van der Waals surface area contributed by atoms with E-state index < -0.39 is 0 Å². The molecule has 3 atom stereocenters. The first-order valence-corrected chi connectivity index (χ1v) is 7.74. The second kappa shape index (κ2) is 5.26. The number of rotatable bonds is 4. The van der Waals surface area contributed by atoms with Crippen molar-refractivity contribution < 1.29 is 0 Å². The van der Waals surface area contributed by atoms with Crippen LogP contribution in [0, 0.1) is 5.92 Å². The van der Waals surface area contributed by atoms with Crippen LogP contribution in [0.25, 0.3) is 0 Å². The Kier molecular flexibility index (Phi) is 3.64. The van der Waals surface area contributed by atoms with Crippen molar-refractivity contribution in [3.63, 3.8) is 0 Å². The molecule has 1 saturated heterocycles. The molecule has 1 heterocycles. The van der Waals surface area contributed by atoms with Gasteiger partial charge in [-0.1, -0.05) is 31.2 Å². The maximum absolute atomic E-state index is 6.06. The summed E-state index contributed by atoms with van der Waals surface area (Å²) in [6, 6.07) is 10.3. The highest BCUT2D eigenvalue weighted by molar-refractivity contribution is 5.30. The van der Waals surface area contributed by atoms with Crippen molar-refractivity contribution >= 4 is 0 Å². The number of nitrogens with two attached hydrogens (primary N) is 1. The minimum atomic E-state index is 0.396. The average Bonchev–Trinajstić information content (AvgIpc) is 3.19. The minimum Gasteiger partial charge on any atom is -0.329 e. The molecule has 2 N–H and O–H groups in total. The van der Waals surface area contributed by atoms with Gasteiger partial charge in [-0.3, -0.25) is 4.90 Å². The summed E-state index contributed by atoms with van der Waals surface area (Å²) < 4.78 is 0. The molecule has 0 aromatic heterocycles. The van der Waals surface area contributed by atoms with Crippen molar-refractivity contribution in [2.24, 2.45) is 11.7 Å². The van der Waals surface area contributed by atoms with Gasteiger partial charge in [-0.05, 0) is 49.1 Å². The fourth-order valence-electron chi connectivity index (χ4n) is 3.64. The number of benzene rings is 1. The molecule has 1 aliphatic carbocycles. The molecule has 3 unspecified atom stereocenters. The lowest BCUT2D eigenvalue weighted by atomic mass is 10.0. The van der Waals surface area contributed by atoms with E-state index in [2.05, 4.69) is 43.0 Å². The fraction of sp³-hybridized carbons (Fsp3) is 0.647. The number of likely N-dealkylation sites (tertiary alicyclic amines) is 1. The number of hydrogen-bond donors (Lipinski definition) is 1. The van der Waals surface area contributed by atoms with Crippen LogP contribution in [0.1, 0.15) is 56.2 Å². The lowest BCUT2D eigenvalue weighted by Crippen LogP contribution is -2.36. The van der Waals surface area contributed by atoms with E-state index in [4.69, 9.17) is 5.73 Å². The SMILES string of the molecule is CC1CC(C)N(C(CN)c2ccc(C3CC3)cc2)C1. The Labute approximate surface area is 117 Å². The minimum absolute atomic E-state index is 0.396. The fourth-order valence-corrected chi connectivity index (χ4v) is 3.64. The van der Waals surface area contributed by atoms with Crippen LogP contribution < -0.4 is 5.73 Å². The maximum Gasteiger partial charge on any atom is 0.0473 e. The molecule has 104 valence electrons. The Morgan fingerprint density at radius 2 is 1.89 bits per heavy atom. The van der Waals surface area contributed by atoms with Crippen LogP contribution in [-0.4, -0.2) is 24.0 Å². The van der Waals surface area contributed by atoms with Crippen molar-refractivity contribution in [1.82, 2.24) is 4.90 Å². The Balaban J connectivity index is 1.77. The van der Waals surface area contributed by atoms with Gasteiger partial charge in [0.2, 0.25) is 0 Å². The van der Waals surface area contributed by atoms with Crippen LogP contribution in [-0.2, 0) is 0 Å². The third-order valence-electron chi connectivity index (χ3n) is 4.83. The van der Waals surface area contributed by atoms with Gasteiger partial charge in [0.15, 0.2) is 0 Å². The lowest BCUT2D eigenvalue weighted by Gasteiger charge is -2.31. The standard InChI is InChI=1S/C17H26N2/c1-12-9-13(2)19(11-12)17(10-18)16-7-5-15(6-8-16)14-3-4-14/h5-8,12-14,17H,3-4,9-11,18H2,1-2H3. The van der Waals surface area contributed by atoms with E-state index in [1.807, 2.05) is 0 Å². The van der Waals surface area contributed by atoms with Crippen LogP contribution in [0.4, 0.5) is 0 Å². The predicted molar refractivity (Wildman–Crippen MR) is 80.2 cm³/mol. The van der Waals surface area contributed by atoms with E-state index >= 15 is 0 Å². The number of nitrogens with zero attached hydrogens (tertiary/aromatic N) is 1. The molecule has 3 rings (SSSR count). The van der Waals surface area contributed by atoms with Gasteiger partial charge >= 0.3 is 0 Å². The molecule has 1 aromatic carbocycles. The number of hydrogen-bond acceptors (Lipinski definition) is 2. The van der Waals surface area contributed by atoms with Gasteiger partial charge in [0.1, 0.15) is 0 Å². The van der Waals surface area contributed by atoms with Crippen LogP contribution in [0.2, 0.25) is 0 Å². The normalized spacial score (nSPS) is 29.6. The second-order valence-electron chi connectivity index (χ2n) is 6.58. The molecule has 0 amide bonds. The summed E-state index contributed by atoms with van der Waals surface area (Å²) in [6.45, 7) is 6.60. The molecular weight excluding hydrogens is 232 g/mol. The van der Waals surface area contributed by atoms with Crippen molar-refractivity contribution in [3.8, 4) is 0 Å². The summed E-state index contributed by atoms with van der Waals surface area (Å²) in [6.07, 6.45) is 4.05. The summed E-state index contributed by atoms with van der Waals surface area (Å²) in [5.74, 6) is 1.64. The molecular formula is C17H26N2. The van der Waals surface area contributed by atoms with Crippen LogP contribution in [0.3, 0.4) is 0 Å². The van der Waals surface area contributed by atoms with E-state index in [9.17, 15) is 0 Å². The van der Waals surface area contributed by atoms with Crippen molar-refractivity contribution in [2.45, 2.75) is 51.1 Å².